The van der Waals surface area contributed by atoms with E-state index in [1.165, 1.54) is 5.56 Å². The molecule has 0 bridgehead atoms. The van der Waals surface area contributed by atoms with Gasteiger partial charge < -0.3 is 4.74 Å². The van der Waals surface area contributed by atoms with E-state index < -0.39 is 0 Å². The molecule has 0 fully saturated rings. The molecule has 102 valence electrons. The molecule has 0 radical (unpaired) electrons. The standard InChI is InChI=1S/C18H18O2/c1-13-7-10-18-16(11-13)17(19)12-15(20-18)9-8-14-5-3-2-4-6-14/h2-7,10-11,15H,8-9,12H2,1H3. The largest absolute Gasteiger partial charge is 0.489 e. The average molecular weight is 266 g/mol. The molecule has 1 aliphatic heterocycles. The molecule has 2 aromatic carbocycles. The second-order valence-corrected chi connectivity index (χ2v) is 5.39. The lowest BCUT2D eigenvalue weighted by Gasteiger charge is -2.25. The van der Waals surface area contributed by atoms with Crippen LogP contribution in [0.15, 0.2) is 48.5 Å². The minimum Gasteiger partial charge on any atom is -0.489 e. The molecule has 0 spiro atoms. The van der Waals surface area contributed by atoms with Crippen molar-refractivity contribution in [1.29, 1.82) is 0 Å². The smallest absolute Gasteiger partial charge is 0.170 e. The number of hydrogen-bond donors (Lipinski definition) is 0. The van der Waals surface area contributed by atoms with Crippen LogP contribution >= 0.6 is 0 Å². The second kappa shape index (κ2) is 5.49. The minimum atomic E-state index is -0.00193. The molecular weight excluding hydrogens is 248 g/mol. The van der Waals surface area contributed by atoms with Crippen LogP contribution in [0.1, 0.15) is 34.3 Å². The van der Waals surface area contributed by atoms with Crippen LogP contribution in [0.2, 0.25) is 0 Å². The van der Waals surface area contributed by atoms with Crippen LogP contribution in [0.4, 0.5) is 0 Å². The monoisotopic (exact) mass is 266 g/mol. The SMILES string of the molecule is Cc1ccc2c(c1)C(=O)CC(CCc1ccccc1)O2. The van der Waals surface area contributed by atoms with Gasteiger partial charge in [0.1, 0.15) is 11.9 Å². The Hall–Kier alpha value is -2.09. The Kier molecular flexibility index (Phi) is 3.55. The van der Waals surface area contributed by atoms with Crippen molar-refractivity contribution in [2.24, 2.45) is 0 Å². The zero-order valence-corrected chi connectivity index (χ0v) is 11.6. The summed E-state index contributed by atoms with van der Waals surface area (Å²) in [5.74, 6) is 0.943. The van der Waals surface area contributed by atoms with Gasteiger partial charge in [-0.2, -0.15) is 0 Å². The Morgan fingerprint density at radius 3 is 2.75 bits per heavy atom. The summed E-state index contributed by atoms with van der Waals surface area (Å²) in [6.45, 7) is 2.00. The number of ether oxygens (including phenoxy) is 1. The zero-order chi connectivity index (χ0) is 13.9. The number of benzene rings is 2. The zero-order valence-electron chi connectivity index (χ0n) is 11.6. The quantitative estimate of drug-likeness (QED) is 0.840. The molecule has 1 atom stereocenters. The van der Waals surface area contributed by atoms with E-state index in [0.29, 0.717) is 6.42 Å². The van der Waals surface area contributed by atoms with Gasteiger partial charge in [-0.15, -0.1) is 0 Å². The molecule has 20 heavy (non-hydrogen) atoms. The lowest BCUT2D eigenvalue weighted by atomic mass is 9.96. The van der Waals surface area contributed by atoms with Crippen molar-refractivity contribution in [3.05, 3.63) is 65.2 Å². The second-order valence-electron chi connectivity index (χ2n) is 5.39. The summed E-state index contributed by atoms with van der Waals surface area (Å²) < 4.78 is 5.96. The van der Waals surface area contributed by atoms with Gasteiger partial charge in [-0.25, -0.2) is 0 Å². The lowest BCUT2D eigenvalue weighted by molar-refractivity contribution is 0.0839. The average Bonchev–Trinajstić information content (AvgIpc) is 2.47. The first-order chi connectivity index (χ1) is 9.72. The highest BCUT2D eigenvalue weighted by Gasteiger charge is 2.26. The van der Waals surface area contributed by atoms with Crippen molar-refractivity contribution < 1.29 is 9.53 Å². The van der Waals surface area contributed by atoms with Crippen molar-refractivity contribution in [3.63, 3.8) is 0 Å². The minimum absolute atomic E-state index is 0.00193. The fourth-order valence-electron chi connectivity index (χ4n) is 2.64. The van der Waals surface area contributed by atoms with Gasteiger partial charge in [-0.1, -0.05) is 42.0 Å². The van der Waals surface area contributed by atoms with Crippen molar-refractivity contribution in [3.8, 4) is 5.75 Å². The molecule has 0 aliphatic carbocycles. The van der Waals surface area contributed by atoms with E-state index in [1.54, 1.807) is 0 Å². The van der Waals surface area contributed by atoms with E-state index in [-0.39, 0.29) is 11.9 Å². The van der Waals surface area contributed by atoms with Crippen LogP contribution in [0.3, 0.4) is 0 Å². The number of hydrogen-bond acceptors (Lipinski definition) is 2. The van der Waals surface area contributed by atoms with E-state index in [1.807, 2.05) is 43.3 Å². The number of aryl methyl sites for hydroxylation is 2. The van der Waals surface area contributed by atoms with Crippen molar-refractivity contribution in [2.45, 2.75) is 32.3 Å². The van der Waals surface area contributed by atoms with Crippen LogP contribution in [0.5, 0.6) is 5.75 Å². The predicted octanol–water partition coefficient (Wildman–Crippen LogP) is 3.96. The summed E-state index contributed by atoms with van der Waals surface area (Å²) in [6, 6.07) is 16.2. The highest BCUT2D eigenvalue weighted by atomic mass is 16.5. The third-order valence-corrected chi connectivity index (χ3v) is 3.74. The molecule has 0 saturated heterocycles. The molecule has 1 aliphatic rings. The maximum atomic E-state index is 12.2. The first kappa shape index (κ1) is 12.9. The first-order valence-corrected chi connectivity index (χ1v) is 7.07. The molecular formula is C18H18O2. The Morgan fingerprint density at radius 2 is 1.95 bits per heavy atom. The third kappa shape index (κ3) is 2.74. The molecule has 0 N–H and O–H groups in total. The normalized spacial score (nSPS) is 17.4. The molecule has 2 nitrogen and oxygen atoms in total. The Bertz CT molecular complexity index is 617. The summed E-state index contributed by atoms with van der Waals surface area (Å²) in [4.78, 5) is 12.2. The Balaban J connectivity index is 1.69. The van der Waals surface area contributed by atoms with E-state index in [4.69, 9.17) is 4.74 Å². The highest BCUT2D eigenvalue weighted by Crippen LogP contribution is 2.29. The molecule has 2 aromatic rings. The van der Waals surface area contributed by atoms with Crippen molar-refractivity contribution in [1.82, 2.24) is 0 Å². The summed E-state index contributed by atoms with van der Waals surface area (Å²) >= 11 is 0. The Morgan fingerprint density at radius 1 is 1.15 bits per heavy atom. The molecule has 0 amide bonds. The Labute approximate surface area is 119 Å². The van der Waals surface area contributed by atoms with E-state index in [0.717, 1.165) is 29.7 Å². The summed E-state index contributed by atoms with van der Waals surface area (Å²) in [7, 11) is 0. The van der Waals surface area contributed by atoms with Gasteiger partial charge in [-0.3, -0.25) is 4.79 Å². The van der Waals surface area contributed by atoms with Crippen LogP contribution < -0.4 is 4.74 Å². The summed E-state index contributed by atoms with van der Waals surface area (Å²) in [6.07, 6.45) is 2.31. The predicted molar refractivity (Wildman–Crippen MR) is 79.3 cm³/mol. The third-order valence-electron chi connectivity index (χ3n) is 3.74. The van der Waals surface area contributed by atoms with Gasteiger partial charge in [0, 0.05) is 6.42 Å². The van der Waals surface area contributed by atoms with Crippen molar-refractivity contribution >= 4 is 5.78 Å². The van der Waals surface area contributed by atoms with Gasteiger partial charge >= 0.3 is 0 Å². The number of Topliss-reactive ketones (excluding diaryl/α,β-unsaturated/α-hetero) is 1. The fraction of sp³-hybridized carbons (Fsp3) is 0.278. The van der Waals surface area contributed by atoms with Gasteiger partial charge in [0.25, 0.3) is 0 Å². The van der Waals surface area contributed by atoms with Crippen molar-refractivity contribution in [2.75, 3.05) is 0 Å². The number of carbonyl (C=O) groups is 1. The van der Waals surface area contributed by atoms with Gasteiger partial charge in [0.2, 0.25) is 0 Å². The van der Waals surface area contributed by atoms with Crippen LogP contribution in [-0.2, 0) is 6.42 Å². The van der Waals surface area contributed by atoms with Gasteiger partial charge in [0.05, 0.1) is 5.56 Å². The van der Waals surface area contributed by atoms with Crippen LogP contribution in [0.25, 0.3) is 0 Å². The fourth-order valence-corrected chi connectivity index (χ4v) is 2.64. The molecule has 0 aromatic heterocycles. The molecule has 3 rings (SSSR count). The molecule has 2 heteroatoms. The maximum Gasteiger partial charge on any atom is 0.170 e. The number of ketones is 1. The van der Waals surface area contributed by atoms with E-state index in [2.05, 4.69) is 12.1 Å². The van der Waals surface area contributed by atoms with Crippen LogP contribution in [-0.4, -0.2) is 11.9 Å². The summed E-state index contributed by atoms with van der Waals surface area (Å²) in [5, 5.41) is 0. The molecule has 1 heterocycles. The number of rotatable bonds is 3. The molecule has 0 saturated carbocycles. The first-order valence-electron chi connectivity index (χ1n) is 7.07. The van der Waals surface area contributed by atoms with Gasteiger partial charge in [0.15, 0.2) is 5.78 Å². The van der Waals surface area contributed by atoms with Crippen LogP contribution in [0, 0.1) is 6.92 Å². The van der Waals surface area contributed by atoms with E-state index in [9.17, 15) is 4.79 Å². The molecule has 1 unspecified atom stereocenters. The van der Waals surface area contributed by atoms with Gasteiger partial charge in [-0.05, 0) is 37.5 Å². The summed E-state index contributed by atoms with van der Waals surface area (Å²) in [5.41, 5.74) is 3.13. The number of carbonyl (C=O) groups excluding carboxylic acids is 1. The maximum absolute atomic E-state index is 12.2. The topological polar surface area (TPSA) is 26.3 Å². The van der Waals surface area contributed by atoms with E-state index >= 15 is 0 Å². The number of fused-ring (bicyclic) bond motifs is 1. The highest BCUT2D eigenvalue weighted by molar-refractivity contribution is 6.00. The lowest BCUT2D eigenvalue weighted by Crippen LogP contribution is -2.27.